The number of carbonyl (C=O) groups is 2. The quantitative estimate of drug-likeness (QED) is 0.139. The number of ketones is 2. The Hall–Kier alpha value is -4.04. The first-order chi connectivity index (χ1) is 26.6. The van der Waals surface area contributed by atoms with Crippen LogP contribution in [0.1, 0.15) is 112 Å². The monoisotopic (exact) mass is 752 g/mol. The molecule has 0 unspecified atom stereocenters. The molecule has 2 saturated carbocycles. The number of dihydropyridines is 1. The molecule has 0 bridgehead atoms. The molecule has 1 saturated heterocycles. The van der Waals surface area contributed by atoms with Crippen molar-refractivity contribution in [2.45, 2.75) is 127 Å². The molecule has 3 aliphatic carbocycles. The fourth-order valence-corrected chi connectivity index (χ4v) is 10.1. The molecule has 7 rings (SSSR count). The zero-order valence-corrected chi connectivity index (χ0v) is 32.4. The summed E-state index contributed by atoms with van der Waals surface area (Å²) in [7, 11) is 1.52. The van der Waals surface area contributed by atoms with E-state index in [0.29, 0.717) is 105 Å². The molecule has 10 heteroatoms. The van der Waals surface area contributed by atoms with Gasteiger partial charge in [0.1, 0.15) is 11.2 Å². The topological polar surface area (TPSA) is 170 Å². The number of aromatic amines is 1. The van der Waals surface area contributed by atoms with Gasteiger partial charge in [-0.15, -0.1) is 0 Å². The standard InChI is InChI=1S/C45H60N4O6/c1-55-41-21-33-7-11-42(53)45(15-12-28(20-43(45)54)2-3-29-18-34-6-10-37(51)23-39(34)48-26-29)16-13-31(38(33)24-40(41)52)4-8-36(50)9-5-32-22-44(46)49-27-35(32)19-30-14-17-47-25-30/h14,17,21-22,24-25,28-29,31,34,36,39,43,47-50,52,54H,2-12,15,18-20,23,26-27,46H2,1H3/t28-,29-,31-,34+,36-,39+,43+,45-/m0/s1. The normalized spacial score (nSPS) is 30.1. The maximum absolute atomic E-state index is 14.1. The number of aromatic nitrogens is 1. The van der Waals surface area contributed by atoms with E-state index in [2.05, 4.69) is 33.5 Å². The molecule has 1 aromatic heterocycles. The van der Waals surface area contributed by atoms with E-state index in [4.69, 9.17) is 10.5 Å². The van der Waals surface area contributed by atoms with E-state index in [9.17, 15) is 24.9 Å². The van der Waals surface area contributed by atoms with E-state index < -0.39 is 17.6 Å². The van der Waals surface area contributed by atoms with E-state index >= 15 is 0 Å². The number of aryl methyl sites for hydroxylation is 1. The highest BCUT2D eigenvalue weighted by Gasteiger charge is 2.47. The fraction of sp³-hybridized carbons (Fsp3) is 0.600. The van der Waals surface area contributed by atoms with Crippen LogP contribution in [0.4, 0.5) is 0 Å². The van der Waals surface area contributed by atoms with Crippen LogP contribution < -0.4 is 21.1 Å². The van der Waals surface area contributed by atoms with Crippen LogP contribution in [0, 0.1) is 35.0 Å². The molecule has 5 aliphatic rings. The average Bonchev–Trinajstić information content (AvgIpc) is 3.71. The van der Waals surface area contributed by atoms with Crippen LogP contribution >= 0.6 is 0 Å². The third-order valence-electron chi connectivity index (χ3n) is 13.5. The van der Waals surface area contributed by atoms with E-state index in [1.807, 2.05) is 24.5 Å². The fourth-order valence-electron chi connectivity index (χ4n) is 10.1. The van der Waals surface area contributed by atoms with Crippen LogP contribution in [-0.4, -0.2) is 70.3 Å². The largest absolute Gasteiger partial charge is 0.504 e. The summed E-state index contributed by atoms with van der Waals surface area (Å²) in [6.07, 6.45) is 15.9. The molecule has 0 radical (unpaired) electrons. The lowest BCUT2D eigenvalue weighted by Gasteiger charge is -2.42. The highest BCUT2D eigenvalue weighted by Crippen LogP contribution is 2.45. The Bertz CT molecular complexity index is 1820. The van der Waals surface area contributed by atoms with Gasteiger partial charge in [0.2, 0.25) is 0 Å². The Morgan fingerprint density at radius 3 is 2.73 bits per heavy atom. The van der Waals surface area contributed by atoms with Gasteiger partial charge >= 0.3 is 0 Å². The number of aromatic hydroxyl groups is 1. The number of aliphatic hydroxyl groups is 2. The predicted molar refractivity (Wildman–Crippen MR) is 212 cm³/mol. The third-order valence-corrected chi connectivity index (χ3v) is 13.5. The van der Waals surface area contributed by atoms with Gasteiger partial charge in [0.25, 0.3) is 0 Å². The van der Waals surface area contributed by atoms with E-state index in [1.54, 1.807) is 6.07 Å². The molecule has 10 nitrogen and oxygen atoms in total. The lowest BCUT2D eigenvalue weighted by molar-refractivity contribution is -0.134. The lowest BCUT2D eigenvalue weighted by Crippen LogP contribution is -2.49. The van der Waals surface area contributed by atoms with Crippen molar-refractivity contribution in [3.05, 3.63) is 70.3 Å². The van der Waals surface area contributed by atoms with Gasteiger partial charge < -0.3 is 41.4 Å². The first kappa shape index (κ1) is 39.2. The zero-order chi connectivity index (χ0) is 38.5. The second-order valence-electron chi connectivity index (χ2n) is 17.1. The molecule has 8 N–H and O–H groups in total. The van der Waals surface area contributed by atoms with Crippen LogP contribution in [0.15, 0.2) is 53.6 Å². The summed E-state index contributed by atoms with van der Waals surface area (Å²) in [6, 6.07) is 5.94. The first-order valence-electron chi connectivity index (χ1n) is 20.7. The van der Waals surface area contributed by atoms with Crippen molar-refractivity contribution in [3.63, 3.8) is 0 Å². The van der Waals surface area contributed by atoms with Gasteiger partial charge in [0.05, 0.1) is 25.1 Å². The van der Waals surface area contributed by atoms with Gasteiger partial charge in [-0.25, -0.2) is 0 Å². The van der Waals surface area contributed by atoms with Crippen molar-refractivity contribution in [1.82, 2.24) is 15.6 Å². The predicted octanol–water partition coefficient (Wildman–Crippen LogP) is 5.47. The van der Waals surface area contributed by atoms with Crippen molar-refractivity contribution in [2.24, 2.45) is 28.9 Å². The Morgan fingerprint density at radius 1 is 1.07 bits per heavy atom. The number of fused-ring (bicyclic) bond motifs is 2. The highest BCUT2D eigenvalue weighted by molar-refractivity contribution is 5.89. The number of methoxy groups -OCH3 is 1. The zero-order valence-electron chi connectivity index (χ0n) is 32.4. The number of nitrogens with two attached hydrogens (primary N) is 1. The number of rotatable bonds is 12. The number of hydrogen-bond acceptors (Lipinski definition) is 9. The van der Waals surface area contributed by atoms with Crippen LogP contribution in [0.3, 0.4) is 0 Å². The van der Waals surface area contributed by atoms with E-state index in [-0.39, 0.29) is 23.9 Å². The number of carbonyl (C=O) groups excluding carboxylic acids is 2. The summed E-state index contributed by atoms with van der Waals surface area (Å²) >= 11 is 0. The molecular weight excluding hydrogens is 693 g/mol. The molecule has 3 heterocycles. The number of hydrogen-bond donors (Lipinski definition) is 7. The molecule has 1 aromatic carbocycles. The number of Topliss-reactive ketones (excluding diaryl/α,β-unsaturated/α-hetero) is 2. The molecule has 8 atom stereocenters. The molecule has 0 amide bonds. The average molecular weight is 753 g/mol. The van der Waals surface area contributed by atoms with Crippen molar-refractivity contribution in [2.75, 3.05) is 20.2 Å². The van der Waals surface area contributed by atoms with Gasteiger partial charge in [0.15, 0.2) is 17.3 Å². The van der Waals surface area contributed by atoms with Crippen LogP contribution in [0.5, 0.6) is 11.5 Å². The van der Waals surface area contributed by atoms with Gasteiger partial charge in [-0.2, -0.15) is 0 Å². The minimum atomic E-state index is -1.13. The minimum absolute atomic E-state index is 0.0167. The molecule has 296 valence electrons. The Labute approximate surface area is 325 Å². The van der Waals surface area contributed by atoms with Gasteiger partial charge in [0, 0.05) is 50.2 Å². The number of piperidine rings is 1. The highest BCUT2D eigenvalue weighted by atomic mass is 16.5. The van der Waals surface area contributed by atoms with Crippen molar-refractivity contribution in [3.8, 4) is 23.3 Å². The third kappa shape index (κ3) is 9.17. The SMILES string of the molecule is COc1cc2c(cc1O)[C@@H](CC[C@H](O)CCC1=C(Cc3cc[nH]c3)CNC(N)=C1)C#C[C@@]1(CC[C@H](CC[C@@H]3CN[C@@H]4CC(=O)CC[C@@H]4C3)C[C@H]1O)C(=O)CC2. The molecule has 2 aliphatic heterocycles. The number of phenolic OH excluding ortho intramolecular Hbond substituents is 1. The maximum Gasteiger partial charge on any atom is 0.160 e. The van der Waals surface area contributed by atoms with Crippen LogP contribution in [0.2, 0.25) is 0 Å². The number of aliphatic hydroxyl groups excluding tert-OH is 2. The lowest BCUT2D eigenvalue weighted by atomic mass is 9.64. The minimum Gasteiger partial charge on any atom is -0.504 e. The first-order valence-corrected chi connectivity index (χ1v) is 20.7. The van der Waals surface area contributed by atoms with Gasteiger partial charge in [-0.1, -0.05) is 18.3 Å². The van der Waals surface area contributed by atoms with Crippen LogP contribution in [0.25, 0.3) is 0 Å². The Morgan fingerprint density at radius 2 is 1.93 bits per heavy atom. The molecular formula is C45H60N4O6. The second-order valence-corrected chi connectivity index (χ2v) is 17.1. The summed E-state index contributed by atoms with van der Waals surface area (Å²) in [5, 5.41) is 40.9. The maximum atomic E-state index is 14.1. The summed E-state index contributed by atoms with van der Waals surface area (Å²) in [5.41, 5.74) is 10.4. The number of benzene rings is 1. The molecule has 2 aromatic rings. The summed E-state index contributed by atoms with van der Waals surface area (Å²) in [4.78, 5) is 29.2. The Kier molecular flexibility index (Phi) is 12.4. The number of H-pyrrole nitrogens is 1. The number of phenols is 1. The van der Waals surface area contributed by atoms with Gasteiger partial charge in [-0.3, -0.25) is 9.59 Å². The van der Waals surface area contributed by atoms with Crippen molar-refractivity contribution in [1.29, 1.82) is 0 Å². The van der Waals surface area contributed by atoms with Crippen molar-refractivity contribution >= 4 is 11.6 Å². The number of nitrogens with one attached hydrogen (secondary N) is 3. The summed E-state index contributed by atoms with van der Waals surface area (Å²) in [6.45, 7) is 1.63. The number of ether oxygens (including phenoxy) is 1. The molecule has 55 heavy (non-hydrogen) atoms. The smallest absolute Gasteiger partial charge is 0.160 e. The molecule has 3 fully saturated rings. The summed E-state index contributed by atoms with van der Waals surface area (Å²) in [5.74, 6) is 9.38. The summed E-state index contributed by atoms with van der Waals surface area (Å²) < 4.78 is 5.46. The van der Waals surface area contributed by atoms with E-state index in [1.165, 1.54) is 24.7 Å². The second kappa shape index (κ2) is 17.4. The van der Waals surface area contributed by atoms with Crippen LogP contribution in [-0.2, 0) is 22.4 Å². The van der Waals surface area contributed by atoms with E-state index in [0.717, 1.165) is 55.3 Å². The Balaban J connectivity index is 1.03. The van der Waals surface area contributed by atoms with Gasteiger partial charge in [-0.05, 0) is 153 Å². The molecule has 1 spiro atoms. The van der Waals surface area contributed by atoms with Crippen molar-refractivity contribution < 1.29 is 29.6 Å². The number of allylic oxidation sites excluding steroid dienone is 2.